The highest BCUT2D eigenvalue weighted by atomic mass is 35.5. The Bertz CT molecular complexity index is 346. The van der Waals surface area contributed by atoms with Crippen molar-refractivity contribution in [3.05, 3.63) is 41.4 Å². The maximum Gasteiger partial charge on any atom is 0.0426 e. The van der Waals surface area contributed by atoms with Crippen molar-refractivity contribution in [2.45, 2.75) is 19.3 Å². The summed E-state index contributed by atoms with van der Waals surface area (Å²) in [6.07, 6.45) is 8.28. The van der Waals surface area contributed by atoms with Crippen molar-refractivity contribution < 1.29 is 0 Å². The molecule has 0 saturated carbocycles. The minimum absolute atomic E-state index is 0.772. The van der Waals surface area contributed by atoms with E-state index >= 15 is 0 Å². The first-order valence-corrected chi connectivity index (χ1v) is 5.87. The molecule has 0 heterocycles. The van der Waals surface area contributed by atoms with E-state index in [1.165, 1.54) is 19.3 Å². The van der Waals surface area contributed by atoms with Gasteiger partial charge in [-0.1, -0.05) is 29.8 Å². The van der Waals surface area contributed by atoms with Gasteiger partial charge in [0.25, 0.3) is 0 Å². The Hall–Kier alpha value is -0.950. The van der Waals surface area contributed by atoms with E-state index < -0.39 is 0 Å². The summed E-state index contributed by atoms with van der Waals surface area (Å²) in [5, 5.41) is 4.23. The van der Waals surface area contributed by atoms with Crippen molar-refractivity contribution in [1.82, 2.24) is 0 Å². The summed E-state index contributed by atoms with van der Waals surface area (Å²) < 4.78 is 0. The molecule has 0 radical (unpaired) electrons. The van der Waals surface area contributed by atoms with E-state index in [1.807, 2.05) is 18.2 Å². The lowest BCUT2D eigenvalue weighted by atomic mass is 9.94. The molecule has 2 rings (SSSR count). The second kappa shape index (κ2) is 5.22. The van der Waals surface area contributed by atoms with Crippen molar-refractivity contribution >= 4 is 17.3 Å². The summed E-state index contributed by atoms with van der Waals surface area (Å²) in [5.41, 5.74) is 1.12. The molecule has 0 aromatic heterocycles. The lowest BCUT2D eigenvalue weighted by Crippen LogP contribution is -2.15. The summed E-state index contributed by atoms with van der Waals surface area (Å²) in [6, 6.07) is 7.91. The fourth-order valence-corrected chi connectivity index (χ4v) is 2.09. The zero-order valence-corrected chi connectivity index (χ0v) is 9.50. The molecule has 0 bridgehead atoms. The monoisotopic (exact) mass is 221 g/mol. The van der Waals surface area contributed by atoms with Crippen molar-refractivity contribution in [3.63, 3.8) is 0 Å². The van der Waals surface area contributed by atoms with Crippen LogP contribution in [0.25, 0.3) is 0 Å². The number of benzene rings is 1. The van der Waals surface area contributed by atoms with E-state index in [1.54, 1.807) is 0 Å². The number of halogens is 1. The highest BCUT2D eigenvalue weighted by molar-refractivity contribution is 6.30. The minimum atomic E-state index is 0.772. The second-order valence-electron chi connectivity index (χ2n) is 4.04. The average Bonchev–Trinajstić information content (AvgIpc) is 2.28. The normalized spacial score (nSPS) is 20.2. The smallest absolute Gasteiger partial charge is 0.0426 e. The van der Waals surface area contributed by atoms with Gasteiger partial charge in [-0.3, -0.25) is 0 Å². The third kappa shape index (κ3) is 3.28. The maximum atomic E-state index is 5.92. The van der Waals surface area contributed by atoms with Gasteiger partial charge in [-0.05, 0) is 43.4 Å². The van der Waals surface area contributed by atoms with E-state index in [-0.39, 0.29) is 0 Å². The molecule has 1 aromatic rings. The molecule has 0 fully saturated rings. The molecule has 0 aliphatic heterocycles. The van der Waals surface area contributed by atoms with Gasteiger partial charge in [-0.2, -0.15) is 0 Å². The Labute approximate surface area is 96.1 Å². The van der Waals surface area contributed by atoms with E-state index in [2.05, 4.69) is 23.5 Å². The predicted molar refractivity (Wildman–Crippen MR) is 66.4 cm³/mol. The largest absolute Gasteiger partial charge is 0.385 e. The van der Waals surface area contributed by atoms with Crippen LogP contribution in [0.1, 0.15) is 19.3 Å². The predicted octanol–water partition coefficient (Wildman–Crippen LogP) is 4.11. The minimum Gasteiger partial charge on any atom is -0.385 e. The molecule has 80 valence electrons. The summed E-state index contributed by atoms with van der Waals surface area (Å²) >= 11 is 5.92. The second-order valence-corrected chi connectivity index (χ2v) is 4.48. The van der Waals surface area contributed by atoms with Gasteiger partial charge in [0.1, 0.15) is 0 Å². The molecular formula is C13H16ClN. The van der Waals surface area contributed by atoms with E-state index in [0.717, 1.165) is 23.2 Å². The highest BCUT2D eigenvalue weighted by Gasteiger charge is 2.08. The summed E-state index contributed by atoms with van der Waals surface area (Å²) in [5.74, 6) is 0.772. The van der Waals surface area contributed by atoms with Crippen molar-refractivity contribution in [2.75, 3.05) is 11.9 Å². The molecule has 0 saturated heterocycles. The molecule has 1 aromatic carbocycles. The average molecular weight is 222 g/mol. The Balaban J connectivity index is 1.84. The molecule has 1 unspecified atom stereocenters. The zero-order chi connectivity index (χ0) is 10.5. The molecule has 1 atom stereocenters. The van der Waals surface area contributed by atoms with Crippen LogP contribution in [0.5, 0.6) is 0 Å². The first-order chi connectivity index (χ1) is 7.34. The van der Waals surface area contributed by atoms with E-state index in [0.29, 0.717) is 0 Å². The summed E-state index contributed by atoms with van der Waals surface area (Å²) in [6.45, 7) is 1.05. The summed E-state index contributed by atoms with van der Waals surface area (Å²) in [4.78, 5) is 0. The SMILES string of the molecule is Clc1cccc(NCC2CC=CCC2)c1. The van der Waals surface area contributed by atoms with Crippen LogP contribution in [-0.4, -0.2) is 6.54 Å². The van der Waals surface area contributed by atoms with Gasteiger partial charge in [0.2, 0.25) is 0 Å². The summed E-state index contributed by atoms with van der Waals surface area (Å²) in [7, 11) is 0. The molecule has 1 N–H and O–H groups in total. The number of allylic oxidation sites excluding steroid dienone is 2. The fraction of sp³-hybridized carbons (Fsp3) is 0.385. The van der Waals surface area contributed by atoms with Gasteiger partial charge in [0.15, 0.2) is 0 Å². The Morgan fingerprint density at radius 2 is 2.27 bits per heavy atom. The van der Waals surface area contributed by atoms with E-state index in [9.17, 15) is 0 Å². The van der Waals surface area contributed by atoms with Gasteiger partial charge in [-0.25, -0.2) is 0 Å². The molecule has 2 heteroatoms. The Morgan fingerprint density at radius 1 is 1.33 bits per heavy atom. The molecule has 1 aliphatic carbocycles. The topological polar surface area (TPSA) is 12.0 Å². The molecule has 1 nitrogen and oxygen atoms in total. The van der Waals surface area contributed by atoms with Gasteiger partial charge < -0.3 is 5.32 Å². The molecule has 1 aliphatic rings. The lowest BCUT2D eigenvalue weighted by molar-refractivity contribution is 0.504. The molecular weight excluding hydrogens is 206 g/mol. The number of nitrogens with one attached hydrogen (secondary N) is 1. The maximum absolute atomic E-state index is 5.92. The van der Waals surface area contributed by atoms with Crippen LogP contribution in [0.3, 0.4) is 0 Å². The van der Waals surface area contributed by atoms with Crippen LogP contribution in [0.2, 0.25) is 5.02 Å². The van der Waals surface area contributed by atoms with Crippen LogP contribution in [0.4, 0.5) is 5.69 Å². The first-order valence-electron chi connectivity index (χ1n) is 5.49. The lowest BCUT2D eigenvalue weighted by Gasteiger charge is -2.18. The Kier molecular flexibility index (Phi) is 3.68. The van der Waals surface area contributed by atoms with Crippen molar-refractivity contribution in [3.8, 4) is 0 Å². The van der Waals surface area contributed by atoms with Crippen LogP contribution in [0.15, 0.2) is 36.4 Å². The van der Waals surface area contributed by atoms with Crippen LogP contribution >= 0.6 is 11.6 Å². The first kappa shape index (κ1) is 10.6. The van der Waals surface area contributed by atoms with Gasteiger partial charge >= 0.3 is 0 Å². The number of anilines is 1. The molecule has 0 spiro atoms. The van der Waals surface area contributed by atoms with Crippen LogP contribution in [0, 0.1) is 5.92 Å². The van der Waals surface area contributed by atoms with Crippen LogP contribution in [-0.2, 0) is 0 Å². The number of rotatable bonds is 3. The molecule has 0 amide bonds. The van der Waals surface area contributed by atoms with Crippen LogP contribution < -0.4 is 5.32 Å². The van der Waals surface area contributed by atoms with Gasteiger partial charge in [-0.15, -0.1) is 0 Å². The van der Waals surface area contributed by atoms with Gasteiger partial charge in [0, 0.05) is 17.3 Å². The van der Waals surface area contributed by atoms with Crippen molar-refractivity contribution in [2.24, 2.45) is 5.92 Å². The fourth-order valence-electron chi connectivity index (χ4n) is 1.90. The molecule has 15 heavy (non-hydrogen) atoms. The highest BCUT2D eigenvalue weighted by Crippen LogP contribution is 2.20. The quantitative estimate of drug-likeness (QED) is 0.758. The number of hydrogen-bond donors (Lipinski definition) is 1. The third-order valence-corrected chi connectivity index (χ3v) is 3.03. The third-order valence-electron chi connectivity index (χ3n) is 2.80. The van der Waals surface area contributed by atoms with Gasteiger partial charge in [0.05, 0.1) is 0 Å². The van der Waals surface area contributed by atoms with E-state index in [4.69, 9.17) is 11.6 Å². The standard InChI is InChI=1S/C13H16ClN/c14-12-7-4-8-13(9-12)15-10-11-5-2-1-3-6-11/h1-2,4,7-9,11,15H,3,5-6,10H2. The number of hydrogen-bond acceptors (Lipinski definition) is 1. The zero-order valence-electron chi connectivity index (χ0n) is 8.75. The Morgan fingerprint density at radius 3 is 3.00 bits per heavy atom. The van der Waals surface area contributed by atoms with Crippen molar-refractivity contribution in [1.29, 1.82) is 0 Å².